The second-order valence-electron chi connectivity index (χ2n) is 0.530. The Kier molecular flexibility index (Phi) is 4.60. The van der Waals surface area contributed by atoms with E-state index < -0.39 is 0 Å². The van der Waals surface area contributed by atoms with Gasteiger partial charge in [0.2, 0.25) is 0 Å². The van der Waals surface area contributed by atoms with Crippen molar-refractivity contribution in [2.75, 3.05) is 6.61 Å². The molecule has 34 valence electrons. The van der Waals surface area contributed by atoms with Crippen molar-refractivity contribution in [2.24, 2.45) is 0 Å². The van der Waals surface area contributed by atoms with Crippen LogP contribution in [0.2, 0.25) is 0 Å². The Labute approximate surface area is 39.2 Å². The van der Waals surface area contributed by atoms with E-state index >= 15 is 0 Å². The summed E-state index contributed by atoms with van der Waals surface area (Å²) in [5, 5.41) is 1.31. The quantitative estimate of drug-likeness (QED) is 0.473. The molecule has 0 N–H and O–H groups in total. The molecule has 0 saturated carbocycles. The molecular weight excluding hydrogens is 111 g/mol. The summed E-state index contributed by atoms with van der Waals surface area (Å²) in [6.45, 7) is 2.59. The maximum atomic E-state index is 4.54. The van der Waals surface area contributed by atoms with Crippen molar-refractivity contribution in [1.82, 2.24) is 0 Å². The maximum absolute atomic E-state index is 4.54. The summed E-state index contributed by atoms with van der Waals surface area (Å²) in [6.07, 6.45) is 0. The van der Waals surface area contributed by atoms with Gasteiger partial charge in [0.05, 0.1) is 0 Å². The number of hydrogen-bond donors (Lipinski definition) is 0. The van der Waals surface area contributed by atoms with Gasteiger partial charge in [-0.2, -0.15) is 0 Å². The van der Waals surface area contributed by atoms with Gasteiger partial charge in [-0.25, -0.2) is 0 Å². The Balaban J connectivity index is 2.40. The molecule has 0 rings (SSSR count). The molecule has 1 nitrogen and oxygen atoms in total. The molecule has 0 unspecified atom stereocenters. The van der Waals surface area contributed by atoms with Gasteiger partial charge >= 0.3 is 38.5 Å². The van der Waals surface area contributed by atoms with E-state index in [1.165, 1.54) is 5.18 Å². The van der Waals surface area contributed by atoms with Gasteiger partial charge in [0.15, 0.2) is 0 Å². The van der Waals surface area contributed by atoms with Crippen LogP contribution in [0.5, 0.6) is 0 Å². The molecule has 0 aliphatic rings. The molecule has 2 heteroatoms. The normalized spacial score (nSPS) is 7.80. The van der Waals surface area contributed by atoms with E-state index in [4.69, 9.17) is 0 Å². The van der Waals surface area contributed by atoms with Gasteiger partial charge < -0.3 is 0 Å². The predicted molar refractivity (Wildman–Crippen MR) is 17.7 cm³/mol. The first-order chi connectivity index (χ1) is 2.41. The zero-order valence-electron chi connectivity index (χ0n) is 3.01. The Morgan fingerprint density at radius 2 is 2.60 bits per heavy atom. The van der Waals surface area contributed by atoms with Gasteiger partial charge in [-0.05, 0) is 0 Å². The third kappa shape index (κ3) is 4.32. The minimum absolute atomic E-state index is 0.694. The minimum atomic E-state index is 0.694. The van der Waals surface area contributed by atoms with Crippen LogP contribution in [0.1, 0.15) is 6.92 Å². The zero-order valence-corrected chi connectivity index (χ0v) is 4.00. The van der Waals surface area contributed by atoms with Crippen LogP contribution >= 0.6 is 0 Å². The summed E-state index contributed by atoms with van der Waals surface area (Å²) in [5.74, 6) is 0. The van der Waals surface area contributed by atoms with Crippen LogP contribution in [0.3, 0.4) is 0 Å². The summed E-state index contributed by atoms with van der Waals surface area (Å²) >= 11 is 4.06. The van der Waals surface area contributed by atoms with E-state index in [0.717, 1.165) is 0 Å². The molecule has 5 heavy (non-hydrogen) atoms. The molecule has 0 aromatic carbocycles. The molecule has 0 amide bonds. The summed E-state index contributed by atoms with van der Waals surface area (Å²) in [5.41, 5.74) is 0. The molecular formula is C3H6NiO. The van der Waals surface area contributed by atoms with E-state index in [0.29, 0.717) is 6.61 Å². The van der Waals surface area contributed by atoms with Crippen LogP contribution in [0.25, 0.3) is 0 Å². The molecule has 0 aliphatic carbocycles. The molecule has 0 saturated heterocycles. The van der Waals surface area contributed by atoms with Gasteiger partial charge in [-0.1, -0.05) is 0 Å². The second kappa shape index (κ2) is 4.32. The Hall–Kier alpha value is 0.324. The summed E-state index contributed by atoms with van der Waals surface area (Å²) in [4.78, 5) is 0. The van der Waals surface area contributed by atoms with Crippen molar-refractivity contribution >= 4 is 5.18 Å². The Morgan fingerprint density at radius 3 is 2.60 bits per heavy atom. The van der Waals surface area contributed by atoms with Gasteiger partial charge in [0, 0.05) is 0 Å². The van der Waals surface area contributed by atoms with Crippen LogP contribution in [-0.2, 0) is 19.8 Å². The average Bonchev–Trinajstić information content (AvgIpc) is 1.41. The zero-order chi connectivity index (χ0) is 4.12. The Morgan fingerprint density at radius 1 is 2.00 bits per heavy atom. The predicted octanol–water partition coefficient (Wildman–Crippen LogP) is 0.329. The number of hydrogen-bond acceptors (Lipinski definition) is 1. The van der Waals surface area contributed by atoms with Crippen LogP contribution < -0.4 is 0 Å². The topological polar surface area (TPSA) is 9.23 Å². The van der Waals surface area contributed by atoms with Crippen molar-refractivity contribution in [1.29, 1.82) is 0 Å². The first-order valence-electron chi connectivity index (χ1n) is 1.41. The van der Waals surface area contributed by atoms with Crippen molar-refractivity contribution < 1.29 is 19.8 Å². The number of ether oxygens (including phenoxy) is 1. The van der Waals surface area contributed by atoms with E-state index in [1.54, 1.807) is 0 Å². The van der Waals surface area contributed by atoms with Crippen molar-refractivity contribution in [3.05, 3.63) is 0 Å². The van der Waals surface area contributed by atoms with Crippen molar-refractivity contribution in [2.45, 2.75) is 6.92 Å². The standard InChI is InChI=1S/C3H6O.Ni/c1-3-4-2;/h2H,3H2,1H3;. The molecule has 0 aliphatic heterocycles. The summed E-state index contributed by atoms with van der Waals surface area (Å²) < 4.78 is 4.54. The van der Waals surface area contributed by atoms with E-state index in [2.05, 4.69) is 19.8 Å². The molecule has 0 bridgehead atoms. The van der Waals surface area contributed by atoms with Crippen LogP contribution in [-0.4, -0.2) is 11.8 Å². The van der Waals surface area contributed by atoms with Crippen molar-refractivity contribution in [3.63, 3.8) is 0 Å². The summed E-state index contributed by atoms with van der Waals surface area (Å²) in [7, 11) is 0. The molecule has 0 radical (unpaired) electrons. The first kappa shape index (κ1) is 5.32. The van der Waals surface area contributed by atoms with Crippen LogP contribution in [0.4, 0.5) is 0 Å². The first-order valence-corrected chi connectivity index (χ1v) is 1.98. The van der Waals surface area contributed by atoms with Crippen LogP contribution in [0, 0.1) is 0 Å². The summed E-state index contributed by atoms with van der Waals surface area (Å²) in [6, 6.07) is 0. The third-order valence-corrected chi connectivity index (χ3v) is 0.384. The molecule has 0 aromatic heterocycles. The SMILES string of the molecule is CCO[CH]=[Ni]. The van der Waals surface area contributed by atoms with Gasteiger partial charge in [0.25, 0.3) is 0 Å². The fourth-order valence-electron chi connectivity index (χ4n) is 0.0527. The monoisotopic (exact) mass is 116 g/mol. The van der Waals surface area contributed by atoms with Gasteiger partial charge in [-0.15, -0.1) is 0 Å². The van der Waals surface area contributed by atoms with Gasteiger partial charge in [-0.3, -0.25) is 0 Å². The molecule has 0 aromatic rings. The fraction of sp³-hybridized carbons (Fsp3) is 0.667. The molecule has 0 heterocycles. The van der Waals surface area contributed by atoms with Crippen LogP contribution in [0.15, 0.2) is 0 Å². The van der Waals surface area contributed by atoms with E-state index in [-0.39, 0.29) is 0 Å². The fourth-order valence-corrected chi connectivity index (χ4v) is 0.217. The third-order valence-electron chi connectivity index (χ3n) is 0.219. The molecule has 0 fully saturated rings. The number of rotatable bonds is 2. The molecule has 0 atom stereocenters. The second-order valence-corrected chi connectivity index (χ2v) is 0.763. The van der Waals surface area contributed by atoms with Gasteiger partial charge in [0.1, 0.15) is 0 Å². The van der Waals surface area contributed by atoms with E-state index in [1.807, 2.05) is 6.92 Å². The van der Waals surface area contributed by atoms with Crippen molar-refractivity contribution in [3.8, 4) is 0 Å². The Bertz CT molecular complexity index is 28.1. The van der Waals surface area contributed by atoms with E-state index in [9.17, 15) is 0 Å². The molecule has 0 spiro atoms. The average molecular weight is 117 g/mol.